The summed E-state index contributed by atoms with van der Waals surface area (Å²) in [5.74, 6) is 0.681. The van der Waals surface area contributed by atoms with E-state index < -0.39 is 0 Å². The summed E-state index contributed by atoms with van der Waals surface area (Å²) in [5, 5.41) is 12.5. The number of hydrogen-bond donors (Lipinski definition) is 1. The molecular weight excluding hydrogens is 210 g/mol. The van der Waals surface area contributed by atoms with E-state index >= 15 is 0 Å². The van der Waals surface area contributed by atoms with Gasteiger partial charge in [0.05, 0.1) is 23.6 Å². The molecule has 1 saturated carbocycles. The summed E-state index contributed by atoms with van der Waals surface area (Å²) in [7, 11) is 0. The maximum absolute atomic E-state index is 9.30. The summed E-state index contributed by atoms with van der Waals surface area (Å²) < 4.78 is 0. The number of anilines is 1. The molecule has 3 rings (SSSR count). The van der Waals surface area contributed by atoms with E-state index in [1.54, 1.807) is 6.34 Å². The van der Waals surface area contributed by atoms with E-state index in [2.05, 4.69) is 29.4 Å². The molecule has 1 atom stereocenters. The van der Waals surface area contributed by atoms with Crippen LogP contribution in [0.4, 0.5) is 5.69 Å². The van der Waals surface area contributed by atoms with E-state index in [0.29, 0.717) is 5.92 Å². The highest BCUT2D eigenvalue weighted by Crippen LogP contribution is 2.47. The Labute approximate surface area is 101 Å². The summed E-state index contributed by atoms with van der Waals surface area (Å²) in [6.07, 6.45) is 4.27. The molecule has 1 fully saturated rings. The number of benzene rings is 1. The molecule has 0 amide bonds. The van der Waals surface area contributed by atoms with Crippen molar-refractivity contribution in [2.45, 2.75) is 32.7 Å². The molecule has 1 aromatic rings. The lowest BCUT2D eigenvalue weighted by Crippen LogP contribution is -2.14. The van der Waals surface area contributed by atoms with E-state index in [1.165, 1.54) is 24.0 Å². The minimum absolute atomic E-state index is 0.262. The van der Waals surface area contributed by atoms with Gasteiger partial charge in [0.15, 0.2) is 0 Å². The van der Waals surface area contributed by atoms with Crippen LogP contribution < -0.4 is 5.32 Å². The fourth-order valence-electron chi connectivity index (χ4n) is 2.52. The molecule has 2 aliphatic rings. The molecule has 0 radical (unpaired) electrons. The Morgan fingerprint density at radius 2 is 2.18 bits per heavy atom. The van der Waals surface area contributed by atoms with Crippen LogP contribution in [0.5, 0.6) is 0 Å². The SMILES string of the molecule is Cc1cc2c(c(C#N)c1C)NC=N[C@H]2C1CC1. The lowest BCUT2D eigenvalue weighted by atomic mass is 9.91. The Morgan fingerprint density at radius 3 is 2.82 bits per heavy atom. The zero-order valence-electron chi connectivity index (χ0n) is 10.1. The second-order valence-electron chi connectivity index (χ2n) is 4.97. The molecule has 17 heavy (non-hydrogen) atoms. The van der Waals surface area contributed by atoms with Crippen molar-refractivity contribution >= 4 is 12.0 Å². The van der Waals surface area contributed by atoms with Crippen LogP contribution >= 0.6 is 0 Å². The van der Waals surface area contributed by atoms with Crippen molar-refractivity contribution in [3.05, 3.63) is 28.3 Å². The number of rotatable bonds is 1. The summed E-state index contributed by atoms with van der Waals surface area (Å²) in [6.45, 7) is 4.08. The average molecular weight is 225 g/mol. The van der Waals surface area contributed by atoms with Gasteiger partial charge in [0.25, 0.3) is 0 Å². The number of aryl methyl sites for hydroxylation is 1. The van der Waals surface area contributed by atoms with Crippen molar-refractivity contribution in [1.82, 2.24) is 0 Å². The molecule has 3 heteroatoms. The number of aliphatic imine (C=N–C) groups is 1. The molecule has 0 aromatic heterocycles. The molecule has 1 aliphatic carbocycles. The number of fused-ring (bicyclic) bond motifs is 1. The third-order valence-corrected chi connectivity index (χ3v) is 3.82. The molecule has 86 valence electrons. The molecule has 3 nitrogen and oxygen atoms in total. The largest absolute Gasteiger partial charge is 0.345 e. The number of nitriles is 1. The van der Waals surface area contributed by atoms with E-state index in [-0.39, 0.29) is 6.04 Å². The van der Waals surface area contributed by atoms with Gasteiger partial charge in [-0.2, -0.15) is 5.26 Å². The standard InChI is InChI=1S/C14H15N3/c1-8-5-11-13(10-3-4-10)16-7-17-14(11)12(6-15)9(8)2/h5,7,10,13H,3-4H2,1-2H3,(H,16,17)/t13-/m0/s1. The first-order valence-electron chi connectivity index (χ1n) is 6.04. The van der Waals surface area contributed by atoms with E-state index in [4.69, 9.17) is 0 Å². The second kappa shape index (κ2) is 3.59. The van der Waals surface area contributed by atoms with Crippen LogP contribution in [-0.2, 0) is 0 Å². The fraction of sp³-hybridized carbons (Fsp3) is 0.429. The normalized spacial score (nSPS) is 21.6. The monoisotopic (exact) mass is 225 g/mol. The van der Waals surface area contributed by atoms with Gasteiger partial charge in [-0.05, 0) is 43.7 Å². The van der Waals surface area contributed by atoms with Crippen molar-refractivity contribution in [3.8, 4) is 6.07 Å². The summed E-state index contributed by atoms with van der Waals surface area (Å²) in [4.78, 5) is 4.53. The molecular formula is C14H15N3. The molecule has 0 saturated heterocycles. The fourth-order valence-corrected chi connectivity index (χ4v) is 2.52. The van der Waals surface area contributed by atoms with Gasteiger partial charge < -0.3 is 5.32 Å². The maximum atomic E-state index is 9.30. The maximum Gasteiger partial charge on any atom is 0.102 e. The Balaban J connectivity index is 2.20. The first-order chi connectivity index (χ1) is 8.22. The molecule has 1 aromatic carbocycles. The van der Waals surface area contributed by atoms with Crippen LogP contribution in [0, 0.1) is 31.1 Å². The van der Waals surface area contributed by atoms with Crippen molar-refractivity contribution in [1.29, 1.82) is 5.26 Å². The molecule has 0 spiro atoms. The van der Waals surface area contributed by atoms with Gasteiger partial charge >= 0.3 is 0 Å². The molecule has 1 N–H and O–H groups in total. The summed E-state index contributed by atoms with van der Waals surface area (Å²) in [6, 6.07) is 4.77. The van der Waals surface area contributed by atoms with Gasteiger partial charge in [0, 0.05) is 5.56 Å². The number of nitrogens with one attached hydrogen (secondary N) is 1. The molecule has 0 bridgehead atoms. The Hall–Kier alpha value is -1.82. The van der Waals surface area contributed by atoms with Gasteiger partial charge in [0.1, 0.15) is 6.07 Å². The van der Waals surface area contributed by atoms with Gasteiger partial charge in [-0.25, -0.2) is 0 Å². The minimum Gasteiger partial charge on any atom is -0.345 e. The highest BCUT2D eigenvalue weighted by molar-refractivity contribution is 5.85. The summed E-state index contributed by atoms with van der Waals surface area (Å²) >= 11 is 0. The number of nitrogens with zero attached hydrogens (tertiary/aromatic N) is 2. The Bertz CT molecular complexity index is 548. The minimum atomic E-state index is 0.262. The molecule has 1 heterocycles. The van der Waals surface area contributed by atoms with Gasteiger partial charge in [-0.3, -0.25) is 4.99 Å². The van der Waals surface area contributed by atoms with Gasteiger partial charge in [-0.15, -0.1) is 0 Å². The zero-order chi connectivity index (χ0) is 12.0. The molecule has 0 unspecified atom stereocenters. The highest BCUT2D eigenvalue weighted by atomic mass is 15.0. The average Bonchev–Trinajstić information content (AvgIpc) is 3.14. The lowest BCUT2D eigenvalue weighted by Gasteiger charge is -2.23. The smallest absolute Gasteiger partial charge is 0.102 e. The second-order valence-corrected chi connectivity index (χ2v) is 4.97. The van der Waals surface area contributed by atoms with E-state index in [1.807, 2.05) is 6.92 Å². The van der Waals surface area contributed by atoms with Crippen LogP contribution in [0.15, 0.2) is 11.1 Å². The third-order valence-electron chi connectivity index (χ3n) is 3.82. The Morgan fingerprint density at radius 1 is 1.41 bits per heavy atom. The van der Waals surface area contributed by atoms with Crippen LogP contribution in [-0.4, -0.2) is 6.34 Å². The quantitative estimate of drug-likeness (QED) is 0.798. The number of hydrogen-bond acceptors (Lipinski definition) is 3. The highest BCUT2D eigenvalue weighted by Gasteiger charge is 2.35. The van der Waals surface area contributed by atoms with Crippen molar-refractivity contribution < 1.29 is 0 Å². The Kier molecular flexibility index (Phi) is 2.19. The predicted molar refractivity (Wildman–Crippen MR) is 68.2 cm³/mol. The van der Waals surface area contributed by atoms with Crippen molar-refractivity contribution in [3.63, 3.8) is 0 Å². The first-order valence-corrected chi connectivity index (χ1v) is 6.04. The van der Waals surface area contributed by atoms with Crippen molar-refractivity contribution in [2.75, 3.05) is 5.32 Å². The van der Waals surface area contributed by atoms with E-state index in [0.717, 1.165) is 16.8 Å². The van der Waals surface area contributed by atoms with Crippen LogP contribution in [0.25, 0.3) is 0 Å². The summed E-state index contributed by atoms with van der Waals surface area (Å²) in [5.41, 5.74) is 5.21. The van der Waals surface area contributed by atoms with Gasteiger partial charge in [0.2, 0.25) is 0 Å². The molecule has 1 aliphatic heterocycles. The van der Waals surface area contributed by atoms with Crippen molar-refractivity contribution in [2.24, 2.45) is 10.9 Å². The predicted octanol–water partition coefficient (Wildman–Crippen LogP) is 3.08. The van der Waals surface area contributed by atoms with Gasteiger partial charge in [-0.1, -0.05) is 6.07 Å². The zero-order valence-corrected chi connectivity index (χ0v) is 10.1. The third kappa shape index (κ3) is 1.52. The van der Waals surface area contributed by atoms with E-state index in [9.17, 15) is 5.26 Å². The van der Waals surface area contributed by atoms with Crippen LogP contribution in [0.1, 0.15) is 41.1 Å². The first kappa shape index (κ1) is 10.3. The van der Waals surface area contributed by atoms with Crippen LogP contribution in [0.2, 0.25) is 0 Å². The topological polar surface area (TPSA) is 48.2 Å². The lowest BCUT2D eigenvalue weighted by molar-refractivity contribution is 0.635. The van der Waals surface area contributed by atoms with Crippen LogP contribution in [0.3, 0.4) is 0 Å².